The van der Waals surface area contributed by atoms with Crippen molar-refractivity contribution in [3.8, 4) is 0 Å². The van der Waals surface area contributed by atoms with Crippen LogP contribution in [-0.2, 0) is 0 Å². The zero-order chi connectivity index (χ0) is 13.2. The molecule has 0 aromatic heterocycles. The third-order valence-corrected chi connectivity index (χ3v) is 4.48. The van der Waals surface area contributed by atoms with Gasteiger partial charge in [0.1, 0.15) is 0 Å². The number of hydrogen-bond donors (Lipinski definition) is 2. The van der Waals surface area contributed by atoms with Gasteiger partial charge in [-0.1, -0.05) is 6.92 Å². The van der Waals surface area contributed by atoms with Gasteiger partial charge in [0.25, 0.3) is 0 Å². The third-order valence-electron chi connectivity index (χ3n) is 4.48. The quantitative estimate of drug-likeness (QED) is 0.737. The van der Waals surface area contributed by atoms with E-state index in [4.69, 9.17) is 5.73 Å². The number of likely N-dealkylation sites (N-methyl/N-ethyl adjacent to an activating group) is 1. The van der Waals surface area contributed by atoms with E-state index in [1.54, 1.807) is 0 Å². The fourth-order valence-electron chi connectivity index (χ4n) is 3.32. The summed E-state index contributed by atoms with van der Waals surface area (Å²) in [6.07, 6.45) is 2.34. The number of nitrogens with one attached hydrogen (secondary N) is 1. The van der Waals surface area contributed by atoms with E-state index < -0.39 is 0 Å². The van der Waals surface area contributed by atoms with Gasteiger partial charge in [-0.3, -0.25) is 4.99 Å². The molecule has 2 unspecified atom stereocenters. The lowest BCUT2D eigenvalue weighted by Gasteiger charge is -2.48. The predicted molar refractivity (Wildman–Crippen MR) is 75.7 cm³/mol. The van der Waals surface area contributed by atoms with Gasteiger partial charge in [-0.25, -0.2) is 0 Å². The van der Waals surface area contributed by atoms with E-state index in [0.29, 0.717) is 5.92 Å². The van der Waals surface area contributed by atoms with Gasteiger partial charge in [-0.05, 0) is 39.4 Å². The summed E-state index contributed by atoms with van der Waals surface area (Å²) in [6, 6.07) is 0. The van der Waals surface area contributed by atoms with E-state index >= 15 is 0 Å². The molecule has 3 N–H and O–H groups in total. The zero-order valence-electron chi connectivity index (χ0n) is 11.9. The fraction of sp³-hybridized carbons (Fsp3) is 0.923. The molecule has 0 bridgehead atoms. The lowest BCUT2D eigenvalue weighted by molar-refractivity contribution is 0.0758. The minimum atomic E-state index is 0.181. The van der Waals surface area contributed by atoms with Crippen LogP contribution < -0.4 is 11.1 Å². The van der Waals surface area contributed by atoms with Crippen LogP contribution in [0.2, 0.25) is 0 Å². The molecule has 2 atom stereocenters. The summed E-state index contributed by atoms with van der Waals surface area (Å²) < 4.78 is 0. The van der Waals surface area contributed by atoms with Crippen LogP contribution in [-0.4, -0.2) is 68.1 Å². The molecule has 2 aliphatic heterocycles. The first kappa shape index (κ1) is 13.6. The summed E-state index contributed by atoms with van der Waals surface area (Å²) in [7, 11) is 4.21. The normalized spacial score (nSPS) is 32.3. The van der Waals surface area contributed by atoms with Crippen LogP contribution in [0.1, 0.15) is 19.8 Å². The lowest BCUT2D eigenvalue weighted by atomic mass is 9.76. The second kappa shape index (κ2) is 5.45. The van der Waals surface area contributed by atoms with Crippen LogP contribution in [0.15, 0.2) is 4.99 Å². The van der Waals surface area contributed by atoms with Crippen molar-refractivity contribution in [3.05, 3.63) is 0 Å². The van der Waals surface area contributed by atoms with Crippen LogP contribution in [0.5, 0.6) is 0 Å². The standard InChI is InChI=1S/C13H27N5/c1-4-11-9-15-6-5-13(11)10-16-12(14)18(13)8-7-17(2)3/h11,15H,4-10H2,1-3H3,(H2,14,16). The van der Waals surface area contributed by atoms with E-state index in [-0.39, 0.29) is 5.54 Å². The molecule has 5 heteroatoms. The molecular weight excluding hydrogens is 226 g/mol. The zero-order valence-corrected chi connectivity index (χ0v) is 11.9. The van der Waals surface area contributed by atoms with Crippen LogP contribution in [0.4, 0.5) is 0 Å². The molecular formula is C13H27N5. The molecule has 2 heterocycles. The first-order chi connectivity index (χ1) is 8.60. The second-order valence-corrected chi connectivity index (χ2v) is 5.79. The van der Waals surface area contributed by atoms with Crippen molar-refractivity contribution in [2.75, 3.05) is 46.8 Å². The van der Waals surface area contributed by atoms with Gasteiger partial charge in [0.2, 0.25) is 0 Å². The van der Waals surface area contributed by atoms with Crippen LogP contribution in [0, 0.1) is 5.92 Å². The van der Waals surface area contributed by atoms with Gasteiger partial charge in [0.15, 0.2) is 5.96 Å². The number of nitrogens with zero attached hydrogens (tertiary/aromatic N) is 3. The molecule has 0 aliphatic carbocycles. The molecule has 5 nitrogen and oxygen atoms in total. The number of rotatable bonds is 4. The summed E-state index contributed by atoms with van der Waals surface area (Å²) >= 11 is 0. The van der Waals surface area contributed by atoms with Crippen molar-refractivity contribution >= 4 is 5.96 Å². The monoisotopic (exact) mass is 253 g/mol. The maximum absolute atomic E-state index is 6.12. The van der Waals surface area contributed by atoms with Crippen molar-refractivity contribution in [2.24, 2.45) is 16.6 Å². The first-order valence-electron chi connectivity index (χ1n) is 7.03. The van der Waals surface area contributed by atoms with E-state index in [0.717, 1.165) is 45.1 Å². The molecule has 1 saturated heterocycles. The summed E-state index contributed by atoms with van der Waals surface area (Å²) in [5, 5.41) is 3.51. The minimum absolute atomic E-state index is 0.181. The number of piperidine rings is 1. The summed E-state index contributed by atoms with van der Waals surface area (Å²) in [5.41, 5.74) is 6.31. The minimum Gasteiger partial charge on any atom is -0.370 e. The van der Waals surface area contributed by atoms with Crippen molar-refractivity contribution in [3.63, 3.8) is 0 Å². The molecule has 104 valence electrons. The predicted octanol–water partition coefficient (Wildman–Crippen LogP) is -0.0634. The highest BCUT2D eigenvalue weighted by atomic mass is 15.4. The molecule has 0 amide bonds. The Morgan fingerprint density at radius 1 is 1.56 bits per heavy atom. The molecule has 2 aliphatic rings. The summed E-state index contributed by atoms with van der Waals surface area (Å²) in [6.45, 7) is 7.35. The fourth-order valence-corrected chi connectivity index (χ4v) is 3.32. The number of guanidine groups is 1. The van der Waals surface area contributed by atoms with Crippen molar-refractivity contribution < 1.29 is 0 Å². The van der Waals surface area contributed by atoms with Crippen LogP contribution in [0.3, 0.4) is 0 Å². The molecule has 1 fully saturated rings. The van der Waals surface area contributed by atoms with E-state index in [2.05, 4.69) is 41.1 Å². The maximum atomic E-state index is 6.12. The average molecular weight is 253 g/mol. The van der Waals surface area contributed by atoms with Gasteiger partial charge >= 0.3 is 0 Å². The van der Waals surface area contributed by atoms with Gasteiger partial charge in [-0.2, -0.15) is 0 Å². The average Bonchev–Trinajstić information content (AvgIpc) is 2.65. The molecule has 18 heavy (non-hydrogen) atoms. The Bertz CT molecular complexity index is 315. The Balaban J connectivity index is 2.14. The number of aliphatic imine (C=N–C) groups is 1. The number of nitrogens with two attached hydrogens (primary N) is 1. The Hall–Kier alpha value is -0.810. The Morgan fingerprint density at radius 3 is 3.00 bits per heavy atom. The van der Waals surface area contributed by atoms with Gasteiger partial charge in [0, 0.05) is 19.6 Å². The Kier molecular flexibility index (Phi) is 4.12. The summed E-state index contributed by atoms with van der Waals surface area (Å²) in [4.78, 5) is 9.13. The molecule has 0 saturated carbocycles. The molecule has 0 radical (unpaired) electrons. The maximum Gasteiger partial charge on any atom is 0.191 e. The highest BCUT2D eigenvalue weighted by Crippen LogP contribution is 2.36. The molecule has 0 aromatic carbocycles. The lowest BCUT2D eigenvalue weighted by Crippen LogP contribution is -2.62. The summed E-state index contributed by atoms with van der Waals surface area (Å²) in [5.74, 6) is 1.40. The molecule has 2 rings (SSSR count). The van der Waals surface area contributed by atoms with Crippen molar-refractivity contribution in [1.82, 2.24) is 15.1 Å². The molecule has 1 spiro atoms. The Morgan fingerprint density at radius 2 is 2.33 bits per heavy atom. The van der Waals surface area contributed by atoms with Gasteiger partial charge < -0.3 is 20.9 Å². The van der Waals surface area contributed by atoms with Crippen LogP contribution in [0.25, 0.3) is 0 Å². The van der Waals surface area contributed by atoms with E-state index in [9.17, 15) is 0 Å². The third kappa shape index (κ3) is 2.34. The first-order valence-corrected chi connectivity index (χ1v) is 7.03. The van der Waals surface area contributed by atoms with Crippen molar-refractivity contribution in [2.45, 2.75) is 25.3 Å². The van der Waals surface area contributed by atoms with Crippen molar-refractivity contribution in [1.29, 1.82) is 0 Å². The van der Waals surface area contributed by atoms with Gasteiger partial charge in [-0.15, -0.1) is 0 Å². The number of hydrogen-bond acceptors (Lipinski definition) is 5. The van der Waals surface area contributed by atoms with E-state index in [1.807, 2.05) is 0 Å². The largest absolute Gasteiger partial charge is 0.370 e. The Labute approximate surface area is 110 Å². The second-order valence-electron chi connectivity index (χ2n) is 5.79. The molecule has 0 aromatic rings. The SMILES string of the molecule is CCC1CNCCC12CN=C(N)N2CCN(C)C. The topological polar surface area (TPSA) is 56.9 Å². The smallest absolute Gasteiger partial charge is 0.191 e. The van der Waals surface area contributed by atoms with Crippen LogP contribution >= 0.6 is 0 Å². The van der Waals surface area contributed by atoms with E-state index in [1.165, 1.54) is 6.42 Å². The van der Waals surface area contributed by atoms with Gasteiger partial charge in [0.05, 0.1) is 12.1 Å². The highest BCUT2D eigenvalue weighted by Gasteiger charge is 2.48. The highest BCUT2D eigenvalue weighted by molar-refractivity contribution is 5.81.